The molecule has 6 nitrogen and oxygen atoms in total. The Bertz CT molecular complexity index is 1360. The Morgan fingerprint density at radius 3 is 2.52 bits per heavy atom. The molecule has 0 saturated heterocycles. The summed E-state index contributed by atoms with van der Waals surface area (Å²) >= 11 is 1.16. The van der Waals surface area contributed by atoms with Gasteiger partial charge in [0.15, 0.2) is 0 Å². The smallest absolute Gasteiger partial charge is 0.296 e. The molecule has 0 unspecified atom stereocenters. The number of unbranched alkanes of at least 4 members (excludes halogenated alkanes) is 1. The monoisotopic (exact) mass is 433 g/mol. The van der Waals surface area contributed by atoms with E-state index in [0.29, 0.717) is 22.5 Å². The maximum absolute atomic E-state index is 12.8. The van der Waals surface area contributed by atoms with E-state index in [-0.39, 0.29) is 11.3 Å². The summed E-state index contributed by atoms with van der Waals surface area (Å²) in [6, 6.07) is 15.4. The lowest BCUT2D eigenvalue weighted by Crippen LogP contribution is -2.28. The van der Waals surface area contributed by atoms with Gasteiger partial charge in [0.25, 0.3) is 11.1 Å². The number of aryl methyl sites for hydroxylation is 1. The Morgan fingerprint density at radius 1 is 1.06 bits per heavy atom. The lowest BCUT2D eigenvalue weighted by Gasteiger charge is -2.04. The summed E-state index contributed by atoms with van der Waals surface area (Å²) in [7, 11) is 0. The molecule has 0 amide bonds. The molecule has 2 aromatic carbocycles. The van der Waals surface area contributed by atoms with Gasteiger partial charge in [-0.15, -0.1) is 0 Å². The van der Waals surface area contributed by atoms with Crippen LogP contribution in [0.15, 0.2) is 58.1 Å². The van der Waals surface area contributed by atoms with Gasteiger partial charge in [0.2, 0.25) is 4.96 Å². The van der Waals surface area contributed by atoms with E-state index in [9.17, 15) is 9.59 Å². The first-order valence-corrected chi connectivity index (χ1v) is 11.1. The molecule has 7 heteroatoms. The number of aromatic nitrogens is 3. The Kier molecular flexibility index (Phi) is 6.23. The number of ether oxygens (including phenoxy) is 1. The van der Waals surface area contributed by atoms with Gasteiger partial charge < -0.3 is 4.74 Å². The zero-order valence-electron chi connectivity index (χ0n) is 17.5. The topological polar surface area (TPSA) is 73.6 Å². The number of thiazole rings is 1. The molecule has 0 bridgehead atoms. The van der Waals surface area contributed by atoms with Crippen molar-refractivity contribution in [3.8, 4) is 5.75 Å². The summed E-state index contributed by atoms with van der Waals surface area (Å²) in [6.07, 6.45) is 4.22. The maximum atomic E-state index is 12.8. The SMILES string of the molecule is CCCCOc1ccc(/C=c2\sc3nc(=O)c(Cc4ccc(C)cc4)nn3c2=O)cc1. The number of hydrogen-bond donors (Lipinski definition) is 0. The van der Waals surface area contributed by atoms with Crippen LogP contribution < -0.4 is 20.4 Å². The van der Waals surface area contributed by atoms with E-state index < -0.39 is 5.56 Å². The summed E-state index contributed by atoms with van der Waals surface area (Å²) < 4.78 is 7.38. The van der Waals surface area contributed by atoms with Crippen molar-refractivity contribution in [2.45, 2.75) is 33.1 Å². The van der Waals surface area contributed by atoms with E-state index in [1.165, 1.54) is 4.52 Å². The first kappa shape index (κ1) is 20.9. The van der Waals surface area contributed by atoms with E-state index in [1.54, 1.807) is 6.08 Å². The van der Waals surface area contributed by atoms with E-state index in [2.05, 4.69) is 17.0 Å². The fraction of sp³-hybridized carbons (Fsp3) is 0.250. The lowest BCUT2D eigenvalue weighted by molar-refractivity contribution is 0.309. The summed E-state index contributed by atoms with van der Waals surface area (Å²) in [4.78, 5) is 29.7. The zero-order valence-corrected chi connectivity index (χ0v) is 18.3. The average Bonchev–Trinajstić information content (AvgIpc) is 3.06. The Labute approximate surface area is 183 Å². The van der Waals surface area contributed by atoms with Crippen molar-refractivity contribution in [3.63, 3.8) is 0 Å². The van der Waals surface area contributed by atoms with Crippen molar-refractivity contribution in [3.05, 3.63) is 96.2 Å². The minimum Gasteiger partial charge on any atom is -0.494 e. The van der Waals surface area contributed by atoms with Crippen molar-refractivity contribution >= 4 is 22.4 Å². The first-order chi connectivity index (χ1) is 15.0. The molecule has 0 aliphatic heterocycles. The van der Waals surface area contributed by atoms with Gasteiger partial charge in [-0.1, -0.05) is 66.6 Å². The molecule has 4 aromatic rings. The third-order valence-corrected chi connectivity index (χ3v) is 5.85. The quantitative estimate of drug-likeness (QED) is 0.419. The van der Waals surface area contributed by atoms with Crippen LogP contribution in [-0.4, -0.2) is 21.2 Å². The molecule has 2 heterocycles. The Morgan fingerprint density at radius 2 is 1.81 bits per heavy atom. The number of nitrogens with zero attached hydrogens (tertiary/aromatic N) is 3. The second-order valence-corrected chi connectivity index (χ2v) is 8.42. The van der Waals surface area contributed by atoms with E-state index in [4.69, 9.17) is 4.74 Å². The second kappa shape index (κ2) is 9.22. The highest BCUT2D eigenvalue weighted by molar-refractivity contribution is 7.15. The zero-order chi connectivity index (χ0) is 21.8. The predicted octanol–water partition coefficient (Wildman–Crippen LogP) is 3.14. The van der Waals surface area contributed by atoms with E-state index in [0.717, 1.165) is 46.6 Å². The van der Waals surface area contributed by atoms with Crippen LogP contribution in [0.1, 0.15) is 42.1 Å². The Balaban J connectivity index is 1.63. The van der Waals surface area contributed by atoms with Crippen LogP contribution in [-0.2, 0) is 6.42 Å². The fourth-order valence-electron chi connectivity index (χ4n) is 3.10. The third kappa shape index (κ3) is 4.88. The van der Waals surface area contributed by atoms with Gasteiger partial charge in [-0.05, 0) is 42.7 Å². The van der Waals surface area contributed by atoms with Gasteiger partial charge in [0, 0.05) is 6.42 Å². The molecular formula is C24H23N3O3S. The highest BCUT2D eigenvalue weighted by atomic mass is 32.1. The molecule has 0 fully saturated rings. The third-order valence-electron chi connectivity index (χ3n) is 4.89. The van der Waals surface area contributed by atoms with Crippen molar-refractivity contribution in [2.24, 2.45) is 0 Å². The molecule has 0 N–H and O–H groups in total. The van der Waals surface area contributed by atoms with E-state index in [1.807, 2.05) is 55.5 Å². The largest absolute Gasteiger partial charge is 0.494 e. The molecule has 0 saturated carbocycles. The molecule has 158 valence electrons. The van der Waals surface area contributed by atoms with Gasteiger partial charge in [0.05, 0.1) is 11.1 Å². The number of benzene rings is 2. The fourth-order valence-corrected chi connectivity index (χ4v) is 4.00. The van der Waals surface area contributed by atoms with Gasteiger partial charge in [-0.3, -0.25) is 9.59 Å². The van der Waals surface area contributed by atoms with Crippen LogP contribution in [0.5, 0.6) is 5.75 Å². The molecule has 0 atom stereocenters. The summed E-state index contributed by atoms with van der Waals surface area (Å²) in [5.74, 6) is 0.804. The molecule has 2 aromatic heterocycles. The van der Waals surface area contributed by atoms with Crippen LogP contribution in [0.2, 0.25) is 0 Å². The maximum Gasteiger partial charge on any atom is 0.296 e. The minimum absolute atomic E-state index is 0.261. The van der Waals surface area contributed by atoms with Crippen molar-refractivity contribution in [1.29, 1.82) is 0 Å². The molecule has 31 heavy (non-hydrogen) atoms. The molecule has 0 aliphatic carbocycles. The number of fused-ring (bicyclic) bond motifs is 1. The van der Waals surface area contributed by atoms with Crippen LogP contribution >= 0.6 is 11.3 Å². The van der Waals surface area contributed by atoms with Crippen LogP contribution in [0.25, 0.3) is 11.0 Å². The second-order valence-electron chi connectivity index (χ2n) is 7.41. The average molecular weight is 434 g/mol. The highest BCUT2D eigenvalue weighted by Gasteiger charge is 2.11. The van der Waals surface area contributed by atoms with Crippen LogP contribution in [0.4, 0.5) is 0 Å². The van der Waals surface area contributed by atoms with Crippen molar-refractivity contribution in [2.75, 3.05) is 6.61 Å². The highest BCUT2D eigenvalue weighted by Crippen LogP contribution is 2.13. The van der Waals surface area contributed by atoms with Crippen LogP contribution in [0.3, 0.4) is 0 Å². The molecule has 0 spiro atoms. The summed E-state index contributed by atoms with van der Waals surface area (Å²) in [6.45, 7) is 4.82. The predicted molar refractivity (Wildman–Crippen MR) is 123 cm³/mol. The molecular weight excluding hydrogens is 410 g/mol. The number of hydrogen-bond acceptors (Lipinski definition) is 6. The van der Waals surface area contributed by atoms with Crippen molar-refractivity contribution < 1.29 is 4.74 Å². The Hall–Kier alpha value is -3.32. The standard InChI is InChI=1S/C24H23N3O3S/c1-3-4-13-30-19-11-9-18(10-12-19)15-21-23(29)27-24(31-21)25-22(28)20(26-27)14-17-7-5-16(2)6-8-17/h5-12,15H,3-4,13-14H2,1-2H3/b21-15-. The molecule has 0 radical (unpaired) electrons. The molecule has 4 rings (SSSR count). The van der Waals surface area contributed by atoms with Crippen LogP contribution in [0, 0.1) is 6.92 Å². The number of rotatable bonds is 7. The van der Waals surface area contributed by atoms with Crippen molar-refractivity contribution in [1.82, 2.24) is 14.6 Å². The van der Waals surface area contributed by atoms with E-state index >= 15 is 0 Å². The van der Waals surface area contributed by atoms with Gasteiger partial charge >= 0.3 is 0 Å². The summed E-state index contributed by atoms with van der Waals surface area (Å²) in [5.41, 5.74) is 2.55. The minimum atomic E-state index is -0.401. The van der Waals surface area contributed by atoms with Gasteiger partial charge in [0.1, 0.15) is 11.4 Å². The normalized spacial score (nSPS) is 11.9. The molecule has 0 aliphatic rings. The van der Waals surface area contributed by atoms with Gasteiger partial charge in [-0.2, -0.15) is 14.6 Å². The van der Waals surface area contributed by atoms with Gasteiger partial charge in [-0.25, -0.2) is 0 Å². The first-order valence-electron chi connectivity index (χ1n) is 10.3. The lowest BCUT2D eigenvalue weighted by atomic mass is 10.1. The summed E-state index contributed by atoms with van der Waals surface area (Å²) in [5, 5.41) is 4.31.